The van der Waals surface area contributed by atoms with Gasteiger partial charge in [-0.2, -0.15) is 4.31 Å². The van der Waals surface area contributed by atoms with Crippen molar-refractivity contribution >= 4 is 27.5 Å². The summed E-state index contributed by atoms with van der Waals surface area (Å²) in [6.07, 6.45) is 0. The van der Waals surface area contributed by atoms with E-state index in [0.29, 0.717) is 10.8 Å². The Morgan fingerprint density at radius 3 is 2.10 bits per heavy atom. The van der Waals surface area contributed by atoms with Crippen molar-refractivity contribution in [1.82, 2.24) is 9.21 Å². The van der Waals surface area contributed by atoms with Gasteiger partial charge in [-0.05, 0) is 62.4 Å². The molecule has 6 nitrogen and oxygen atoms in total. The molecule has 0 aromatic heterocycles. The quantitative estimate of drug-likeness (QED) is 0.716. The molecule has 29 heavy (non-hydrogen) atoms. The van der Waals surface area contributed by atoms with Gasteiger partial charge in [-0.1, -0.05) is 11.6 Å². The lowest BCUT2D eigenvalue weighted by atomic mass is 10.1. The normalized spacial score (nSPS) is 15.9. The van der Waals surface area contributed by atoms with Gasteiger partial charge in [0.25, 0.3) is 5.91 Å². The number of carbonyl (C=O) groups excluding carboxylic acids is 1. The van der Waals surface area contributed by atoms with E-state index in [1.54, 1.807) is 43.0 Å². The number of hydrogen-bond donors (Lipinski definition) is 0. The average molecular weight is 441 g/mol. The number of hydrogen-bond acceptors (Lipinski definition) is 4. The second-order valence-corrected chi connectivity index (χ2v) is 9.59. The molecule has 9 heteroatoms. The van der Waals surface area contributed by atoms with Crippen molar-refractivity contribution in [2.45, 2.75) is 24.3 Å². The third kappa shape index (κ3) is 4.88. The Morgan fingerprint density at radius 2 is 1.55 bits per heavy atom. The standard InChI is InChI=1S/C20H22ClFN2O4S/c1-20(2,28-17-7-3-15(21)4-8-17)19(25)23-11-13-24(14-12-23)29(26,27)18-9-5-16(22)6-10-18/h3-10H,11-14H2,1-2H3. The molecule has 1 fully saturated rings. The van der Waals surface area contributed by atoms with Crippen LogP contribution in [0.1, 0.15) is 13.8 Å². The van der Waals surface area contributed by atoms with Gasteiger partial charge in [-0.15, -0.1) is 0 Å². The van der Waals surface area contributed by atoms with Gasteiger partial charge in [0.2, 0.25) is 10.0 Å². The van der Waals surface area contributed by atoms with Crippen LogP contribution in [0.5, 0.6) is 5.75 Å². The molecule has 156 valence electrons. The van der Waals surface area contributed by atoms with E-state index in [0.717, 1.165) is 12.1 Å². The maximum absolute atomic E-state index is 13.1. The summed E-state index contributed by atoms with van der Waals surface area (Å²) >= 11 is 5.87. The summed E-state index contributed by atoms with van der Waals surface area (Å²) in [4.78, 5) is 14.5. The molecule has 1 aliphatic rings. The molecule has 3 rings (SSSR count). The fraction of sp³-hybridized carbons (Fsp3) is 0.350. The second kappa shape index (κ2) is 8.30. The van der Waals surface area contributed by atoms with E-state index < -0.39 is 21.4 Å². The minimum atomic E-state index is -3.73. The van der Waals surface area contributed by atoms with Crippen molar-refractivity contribution < 1.29 is 22.3 Å². The van der Waals surface area contributed by atoms with Gasteiger partial charge in [0, 0.05) is 31.2 Å². The van der Waals surface area contributed by atoms with Crippen molar-refractivity contribution in [3.8, 4) is 5.75 Å². The van der Waals surface area contributed by atoms with Crippen molar-refractivity contribution in [3.63, 3.8) is 0 Å². The van der Waals surface area contributed by atoms with E-state index in [9.17, 15) is 17.6 Å². The number of halogens is 2. The van der Waals surface area contributed by atoms with Crippen LogP contribution in [0.3, 0.4) is 0 Å². The molecule has 0 N–H and O–H groups in total. The summed E-state index contributed by atoms with van der Waals surface area (Å²) in [5.41, 5.74) is -1.12. The third-order valence-electron chi connectivity index (χ3n) is 4.68. The SMILES string of the molecule is CC(C)(Oc1ccc(Cl)cc1)C(=O)N1CCN(S(=O)(=O)c2ccc(F)cc2)CC1. The van der Waals surface area contributed by atoms with Crippen LogP contribution in [0.2, 0.25) is 5.02 Å². The molecule has 2 aromatic rings. The Kier molecular flexibility index (Phi) is 6.16. The zero-order valence-corrected chi connectivity index (χ0v) is 17.7. The lowest BCUT2D eigenvalue weighted by Gasteiger charge is -2.38. The lowest BCUT2D eigenvalue weighted by Crippen LogP contribution is -2.56. The molecular formula is C20H22ClFN2O4S. The number of nitrogens with zero attached hydrogens (tertiary/aromatic N) is 2. The number of amides is 1. The molecule has 1 heterocycles. The summed E-state index contributed by atoms with van der Waals surface area (Å²) in [5.74, 6) is -0.209. The highest BCUT2D eigenvalue weighted by Crippen LogP contribution is 2.24. The Bertz CT molecular complexity index is 971. The molecule has 1 amide bonds. The first-order valence-electron chi connectivity index (χ1n) is 9.09. The van der Waals surface area contributed by atoms with E-state index in [1.165, 1.54) is 16.4 Å². The van der Waals surface area contributed by atoms with Crippen LogP contribution in [-0.4, -0.2) is 55.3 Å². The molecule has 2 aromatic carbocycles. The largest absolute Gasteiger partial charge is 0.478 e. The first kappa shape index (κ1) is 21.5. The van der Waals surface area contributed by atoms with Crippen LogP contribution in [0.15, 0.2) is 53.4 Å². The minimum absolute atomic E-state index is 0.0325. The van der Waals surface area contributed by atoms with E-state index in [4.69, 9.17) is 16.3 Å². The number of benzene rings is 2. The third-order valence-corrected chi connectivity index (χ3v) is 6.84. The zero-order valence-electron chi connectivity index (χ0n) is 16.1. The monoisotopic (exact) mass is 440 g/mol. The minimum Gasteiger partial charge on any atom is -0.478 e. The van der Waals surface area contributed by atoms with Crippen LogP contribution < -0.4 is 4.74 Å². The predicted molar refractivity (Wildman–Crippen MR) is 108 cm³/mol. The van der Waals surface area contributed by atoms with Gasteiger partial charge in [-0.3, -0.25) is 4.79 Å². The van der Waals surface area contributed by atoms with E-state index in [1.807, 2.05) is 0 Å². The lowest BCUT2D eigenvalue weighted by molar-refractivity contribution is -0.146. The smallest absolute Gasteiger partial charge is 0.266 e. The van der Waals surface area contributed by atoms with Crippen LogP contribution in [0.25, 0.3) is 0 Å². The maximum Gasteiger partial charge on any atom is 0.266 e. The highest BCUT2D eigenvalue weighted by molar-refractivity contribution is 7.89. The fourth-order valence-electron chi connectivity index (χ4n) is 3.11. The molecule has 0 aliphatic carbocycles. The van der Waals surface area contributed by atoms with Crippen LogP contribution in [-0.2, 0) is 14.8 Å². The zero-order chi connectivity index (χ0) is 21.2. The molecule has 1 aliphatic heterocycles. The van der Waals surface area contributed by atoms with Crippen molar-refractivity contribution in [2.75, 3.05) is 26.2 Å². The summed E-state index contributed by atoms with van der Waals surface area (Å²) in [6.45, 7) is 4.14. The van der Waals surface area contributed by atoms with Gasteiger partial charge >= 0.3 is 0 Å². The summed E-state index contributed by atoms with van der Waals surface area (Å²) < 4.78 is 45.6. The Labute approximate surface area is 174 Å². The van der Waals surface area contributed by atoms with Gasteiger partial charge in [0.15, 0.2) is 5.60 Å². The molecule has 0 spiro atoms. The average Bonchev–Trinajstić information content (AvgIpc) is 2.69. The highest BCUT2D eigenvalue weighted by atomic mass is 35.5. The van der Waals surface area contributed by atoms with Crippen LogP contribution in [0.4, 0.5) is 4.39 Å². The summed E-state index contributed by atoms with van der Waals surface area (Å²) in [5, 5.41) is 0.569. The van der Waals surface area contributed by atoms with E-state index in [2.05, 4.69) is 0 Å². The topological polar surface area (TPSA) is 66.9 Å². The van der Waals surface area contributed by atoms with Crippen molar-refractivity contribution in [2.24, 2.45) is 0 Å². The second-order valence-electron chi connectivity index (χ2n) is 7.22. The first-order valence-corrected chi connectivity index (χ1v) is 10.9. The van der Waals surface area contributed by atoms with Crippen molar-refractivity contribution in [1.29, 1.82) is 0 Å². The molecule has 0 unspecified atom stereocenters. The summed E-state index contributed by atoms with van der Waals surface area (Å²) in [6, 6.07) is 11.4. The van der Waals surface area contributed by atoms with Crippen molar-refractivity contribution in [3.05, 3.63) is 59.4 Å². The first-order chi connectivity index (χ1) is 13.6. The van der Waals surface area contributed by atoms with Crippen LogP contribution in [0, 0.1) is 5.82 Å². The molecule has 0 bridgehead atoms. The summed E-state index contributed by atoms with van der Waals surface area (Å²) in [7, 11) is -3.73. The van der Waals surface area contributed by atoms with Gasteiger partial charge < -0.3 is 9.64 Å². The predicted octanol–water partition coefficient (Wildman–Crippen LogP) is 3.17. The molecule has 0 saturated carbocycles. The van der Waals surface area contributed by atoms with Gasteiger partial charge in [0.05, 0.1) is 4.90 Å². The number of carbonyl (C=O) groups is 1. The fourth-order valence-corrected chi connectivity index (χ4v) is 4.66. The number of rotatable bonds is 5. The van der Waals surface area contributed by atoms with Crippen LogP contribution >= 0.6 is 11.6 Å². The van der Waals surface area contributed by atoms with Gasteiger partial charge in [-0.25, -0.2) is 12.8 Å². The van der Waals surface area contributed by atoms with E-state index in [-0.39, 0.29) is 37.0 Å². The van der Waals surface area contributed by atoms with E-state index >= 15 is 0 Å². The molecular weight excluding hydrogens is 419 g/mol. The number of ether oxygens (including phenoxy) is 1. The Morgan fingerprint density at radius 1 is 1.00 bits per heavy atom. The van der Waals surface area contributed by atoms with Gasteiger partial charge in [0.1, 0.15) is 11.6 Å². The number of piperazine rings is 1. The Balaban J connectivity index is 1.64. The molecule has 1 saturated heterocycles. The molecule has 0 radical (unpaired) electrons. The maximum atomic E-state index is 13.1. The Hall–Kier alpha value is -2.16. The molecule has 0 atom stereocenters. The number of sulfonamides is 1. The highest BCUT2D eigenvalue weighted by Gasteiger charge is 2.37.